The topological polar surface area (TPSA) is 81.9 Å². The Morgan fingerprint density at radius 1 is 1.15 bits per heavy atom. The summed E-state index contributed by atoms with van der Waals surface area (Å²) in [5.41, 5.74) is 6.07. The molecule has 1 aliphatic heterocycles. The monoisotopic (exact) mass is 298 g/mol. The fourth-order valence-electron chi connectivity index (χ4n) is 2.07. The molecule has 110 valence electrons. The van der Waals surface area contributed by atoms with E-state index in [0.717, 1.165) is 0 Å². The molecule has 0 unspecified atom stereocenters. The maximum atomic E-state index is 12.6. The van der Waals surface area contributed by atoms with Gasteiger partial charge in [-0.25, -0.2) is 8.42 Å². The van der Waals surface area contributed by atoms with Crippen LogP contribution >= 0.6 is 0 Å². The van der Waals surface area contributed by atoms with E-state index in [1.165, 1.54) is 30.7 Å². The summed E-state index contributed by atoms with van der Waals surface area (Å²) in [6.45, 7) is 0.811. The quantitative estimate of drug-likeness (QED) is 0.668. The minimum Gasteiger partial charge on any atom is -0.495 e. The van der Waals surface area contributed by atoms with Gasteiger partial charge in [0.25, 0.3) is 0 Å². The SMILES string of the molecule is COc1cc(OC)c(S(=O)(=O)N2CC=CCC2)cc1N. The van der Waals surface area contributed by atoms with Crippen LogP contribution < -0.4 is 15.2 Å². The molecule has 2 rings (SSSR count). The van der Waals surface area contributed by atoms with Crippen LogP contribution in [0.4, 0.5) is 5.69 Å². The first-order chi connectivity index (χ1) is 9.50. The van der Waals surface area contributed by atoms with Crippen LogP contribution in [0.15, 0.2) is 29.2 Å². The summed E-state index contributed by atoms with van der Waals surface area (Å²) < 4.78 is 36.9. The van der Waals surface area contributed by atoms with E-state index in [4.69, 9.17) is 15.2 Å². The number of hydrogen-bond donors (Lipinski definition) is 1. The van der Waals surface area contributed by atoms with E-state index in [-0.39, 0.29) is 16.3 Å². The van der Waals surface area contributed by atoms with Gasteiger partial charge in [0.1, 0.15) is 16.4 Å². The van der Waals surface area contributed by atoms with Crippen LogP contribution in [0, 0.1) is 0 Å². The molecule has 0 spiro atoms. The largest absolute Gasteiger partial charge is 0.495 e. The number of hydrogen-bond acceptors (Lipinski definition) is 5. The van der Waals surface area contributed by atoms with E-state index in [1.54, 1.807) is 0 Å². The highest BCUT2D eigenvalue weighted by Crippen LogP contribution is 2.35. The number of ether oxygens (including phenoxy) is 2. The molecule has 1 heterocycles. The predicted octanol–water partition coefficient (Wildman–Crippen LogP) is 1.24. The summed E-state index contributed by atoms with van der Waals surface area (Å²) in [6.07, 6.45) is 4.50. The maximum absolute atomic E-state index is 12.6. The van der Waals surface area contributed by atoms with Gasteiger partial charge in [-0.05, 0) is 12.5 Å². The Morgan fingerprint density at radius 3 is 2.40 bits per heavy atom. The van der Waals surface area contributed by atoms with Gasteiger partial charge in [0, 0.05) is 19.2 Å². The van der Waals surface area contributed by atoms with Crippen molar-refractivity contribution in [2.75, 3.05) is 33.0 Å². The molecule has 0 amide bonds. The molecule has 20 heavy (non-hydrogen) atoms. The number of rotatable bonds is 4. The first-order valence-electron chi connectivity index (χ1n) is 6.17. The fraction of sp³-hybridized carbons (Fsp3) is 0.385. The summed E-state index contributed by atoms with van der Waals surface area (Å²) >= 11 is 0. The molecular formula is C13H18N2O4S. The summed E-state index contributed by atoms with van der Waals surface area (Å²) in [5, 5.41) is 0. The average Bonchev–Trinajstić information content (AvgIpc) is 2.47. The molecule has 0 radical (unpaired) electrons. The van der Waals surface area contributed by atoms with Gasteiger partial charge in [0.15, 0.2) is 0 Å². The summed E-state index contributed by atoms with van der Waals surface area (Å²) in [7, 11) is -0.747. The Hall–Kier alpha value is -1.73. The van der Waals surface area contributed by atoms with Crippen molar-refractivity contribution in [1.82, 2.24) is 4.31 Å². The number of anilines is 1. The van der Waals surface area contributed by atoms with Crippen molar-refractivity contribution in [3.8, 4) is 11.5 Å². The third kappa shape index (κ3) is 2.59. The molecule has 0 bridgehead atoms. The average molecular weight is 298 g/mol. The zero-order valence-corrected chi connectivity index (χ0v) is 12.3. The normalized spacial score (nSPS) is 16.1. The van der Waals surface area contributed by atoms with E-state index >= 15 is 0 Å². The molecule has 0 saturated heterocycles. The Balaban J connectivity index is 2.50. The lowest BCUT2D eigenvalue weighted by Crippen LogP contribution is -2.34. The lowest BCUT2D eigenvalue weighted by atomic mass is 10.3. The lowest BCUT2D eigenvalue weighted by Gasteiger charge is -2.24. The molecule has 6 nitrogen and oxygen atoms in total. The van der Waals surface area contributed by atoms with Gasteiger partial charge in [-0.3, -0.25) is 0 Å². The molecule has 2 N–H and O–H groups in total. The Morgan fingerprint density at radius 2 is 1.85 bits per heavy atom. The predicted molar refractivity (Wildman–Crippen MR) is 76.5 cm³/mol. The lowest BCUT2D eigenvalue weighted by molar-refractivity contribution is 0.382. The van der Waals surface area contributed by atoms with Crippen LogP contribution in [0.3, 0.4) is 0 Å². The second-order valence-corrected chi connectivity index (χ2v) is 6.27. The third-order valence-electron chi connectivity index (χ3n) is 3.15. The van der Waals surface area contributed by atoms with E-state index in [2.05, 4.69) is 0 Å². The van der Waals surface area contributed by atoms with Crippen molar-refractivity contribution in [2.24, 2.45) is 0 Å². The van der Waals surface area contributed by atoms with E-state index in [0.29, 0.717) is 25.3 Å². The van der Waals surface area contributed by atoms with Crippen LogP contribution in [0.25, 0.3) is 0 Å². The smallest absolute Gasteiger partial charge is 0.247 e. The number of nitrogen functional groups attached to an aromatic ring is 1. The van der Waals surface area contributed by atoms with Crippen LogP contribution in [0.5, 0.6) is 11.5 Å². The molecule has 0 aliphatic carbocycles. The van der Waals surface area contributed by atoms with Crippen molar-refractivity contribution in [3.05, 3.63) is 24.3 Å². The molecule has 0 saturated carbocycles. The van der Waals surface area contributed by atoms with E-state index < -0.39 is 10.0 Å². The minimum atomic E-state index is -3.63. The Labute approximate surface area is 118 Å². The Kier molecular flexibility index (Phi) is 4.20. The molecule has 0 aromatic heterocycles. The van der Waals surface area contributed by atoms with Gasteiger partial charge < -0.3 is 15.2 Å². The van der Waals surface area contributed by atoms with Gasteiger partial charge in [0.05, 0.1) is 19.9 Å². The molecule has 0 fully saturated rings. The molecule has 1 aromatic rings. The van der Waals surface area contributed by atoms with Crippen molar-refractivity contribution >= 4 is 15.7 Å². The van der Waals surface area contributed by atoms with Crippen LogP contribution in [-0.4, -0.2) is 40.0 Å². The van der Waals surface area contributed by atoms with E-state index in [9.17, 15) is 8.42 Å². The van der Waals surface area contributed by atoms with Crippen molar-refractivity contribution in [3.63, 3.8) is 0 Å². The molecule has 1 aromatic carbocycles. The summed E-state index contributed by atoms with van der Waals surface area (Å²) in [6, 6.07) is 2.87. The van der Waals surface area contributed by atoms with E-state index in [1.807, 2.05) is 12.2 Å². The maximum Gasteiger partial charge on any atom is 0.247 e. The van der Waals surface area contributed by atoms with Gasteiger partial charge in [0.2, 0.25) is 10.0 Å². The molecular weight excluding hydrogens is 280 g/mol. The first-order valence-corrected chi connectivity index (χ1v) is 7.61. The number of sulfonamides is 1. The highest BCUT2D eigenvalue weighted by molar-refractivity contribution is 7.89. The zero-order valence-electron chi connectivity index (χ0n) is 11.5. The van der Waals surface area contributed by atoms with Crippen molar-refractivity contribution < 1.29 is 17.9 Å². The van der Waals surface area contributed by atoms with Crippen molar-refractivity contribution in [2.45, 2.75) is 11.3 Å². The van der Waals surface area contributed by atoms with Crippen LogP contribution in [-0.2, 0) is 10.0 Å². The second-order valence-electron chi connectivity index (χ2n) is 4.37. The van der Waals surface area contributed by atoms with Crippen LogP contribution in [0.2, 0.25) is 0 Å². The number of nitrogens with zero attached hydrogens (tertiary/aromatic N) is 1. The van der Waals surface area contributed by atoms with Gasteiger partial charge in [-0.2, -0.15) is 4.31 Å². The summed E-state index contributed by atoms with van der Waals surface area (Å²) in [4.78, 5) is 0.0635. The second kappa shape index (κ2) is 5.72. The minimum absolute atomic E-state index is 0.0635. The van der Waals surface area contributed by atoms with Gasteiger partial charge in [-0.1, -0.05) is 12.2 Å². The number of nitrogens with two attached hydrogens (primary N) is 1. The van der Waals surface area contributed by atoms with Gasteiger partial charge >= 0.3 is 0 Å². The standard InChI is InChI=1S/C13H18N2O4S/c1-18-11-9-12(19-2)13(8-10(11)14)20(16,17)15-6-4-3-5-7-15/h3-4,8-9H,5-7,14H2,1-2H3. The van der Waals surface area contributed by atoms with Gasteiger partial charge in [-0.15, -0.1) is 0 Å². The fourth-order valence-corrected chi connectivity index (χ4v) is 3.65. The highest BCUT2D eigenvalue weighted by atomic mass is 32.2. The molecule has 0 atom stereocenters. The third-order valence-corrected chi connectivity index (χ3v) is 5.04. The molecule has 1 aliphatic rings. The first kappa shape index (κ1) is 14.7. The summed E-state index contributed by atoms with van der Waals surface area (Å²) in [5.74, 6) is 0.616. The zero-order chi connectivity index (χ0) is 14.8. The highest BCUT2D eigenvalue weighted by Gasteiger charge is 2.28. The number of benzene rings is 1. The Bertz CT molecular complexity index is 626. The van der Waals surface area contributed by atoms with Crippen molar-refractivity contribution in [1.29, 1.82) is 0 Å². The molecule has 7 heteroatoms. The van der Waals surface area contributed by atoms with Crippen LogP contribution in [0.1, 0.15) is 6.42 Å². The number of methoxy groups -OCH3 is 2.